The van der Waals surface area contributed by atoms with Crippen molar-refractivity contribution in [1.29, 1.82) is 0 Å². The first-order valence-electron chi connectivity index (χ1n) is 13.0. The molecule has 6 nitrogen and oxygen atoms in total. The Balaban J connectivity index is 1.63. The lowest BCUT2D eigenvalue weighted by Gasteiger charge is -2.15. The van der Waals surface area contributed by atoms with Gasteiger partial charge in [-0.3, -0.25) is 0 Å². The minimum absolute atomic E-state index is 0.116. The maximum Gasteiger partial charge on any atom is 0.338 e. The maximum absolute atomic E-state index is 12.3. The van der Waals surface area contributed by atoms with Crippen molar-refractivity contribution >= 4 is 17.9 Å². The Morgan fingerprint density at radius 1 is 0.850 bits per heavy atom. The zero-order valence-corrected chi connectivity index (χ0v) is 23.0. The van der Waals surface area contributed by atoms with Crippen molar-refractivity contribution in [3.8, 4) is 33.8 Å². The van der Waals surface area contributed by atoms with Crippen molar-refractivity contribution in [1.82, 2.24) is 0 Å². The lowest BCUT2D eigenvalue weighted by Crippen LogP contribution is -2.12. The Labute approximate surface area is 234 Å². The molecule has 0 amide bonds. The molecule has 0 saturated carbocycles. The molecule has 40 heavy (non-hydrogen) atoms. The van der Waals surface area contributed by atoms with Gasteiger partial charge >= 0.3 is 17.9 Å². The van der Waals surface area contributed by atoms with Crippen molar-refractivity contribution in [2.75, 3.05) is 6.61 Å². The van der Waals surface area contributed by atoms with Crippen LogP contribution in [0.15, 0.2) is 91.6 Å². The Hall–Kier alpha value is -4.71. The molecule has 0 fully saturated rings. The summed E-state index contributed by atoms with van der Waals surface area (Å²) in [6, 6.07) is 17.7. The molecule has 0 N–H and O–H groups in total. The molecule has 3 aromatic carbocycles. The van der Waals surface area contributed by atoms with Gasteiger partial charge in [-0.1, -0.05) is 62.2 Å². The van der Waals surface area contributed by atoms with Crippen molar-refractivity contribution < 1.29 is 28.6 Å². The number of carbonyl (C=O) groups is 3. The van der Waals surface area contributed by atoms with E-state index < -0.39 is 17.9 Å². The summed E-state index contributed by atoms with van der Waals surface area (Å²) < 4.78 is 16.2. The molecule has 0 spiro atoms. The van der Waals surface area contributed by atoms with Crippen LogP contribution in [-0.4, -0.2) is 24.5 Å². The lowest BCUT2D eigenvalue weighted by molar-refractivity contribution is -0.138. The fraction of sp³-hybridized carbons (Fsp3) is 0.206. The first-order valence-corrected chi connectivity index (χ1v) is 13.0. The number of benzene rings is 3. The predicted molar refractivity (Wildman–Crippen MR) is 155 cm³/mol. The van der Waals surface area contributed by atoms with Crippen molar-refractivity contribution in [2.24, 2.45) is 0 Å². The average molecular weight is 537 g/mol. The third kappa shape index (κ3) is 6.29. The van der Waals surface area contributed by atoms with E-state index in [1.165, 1.54) is 17.2 Å². The second-order valence-corrected chi connectivity index (χ2v) is 10.0. The third-order valence-electron chi connectivity index (χ3n) is 6.86. The Morgan fingerprint density at radius 3 is 2.12 bits per heavy atom. The SMILES string of the molecule is C=CC(=O)OCC1CCc2ccc(-c3ccc(-c4ccc(OC(=O)C(=C)C)c(OC(=O)C(=C)C)c4)c(C)c3)cc21. The number of esters is 3. The molecule has 1 aliphatic carbocycles. The normalized spacial score (nSPS) is 13.6. The maximum atomic E-state index is 12.3. The smallest absolute Gasteiger partial charge is 0.338 e. The minimum Gasteiger partial charge on any atom is -0.462 e. The van der Waals surface area contributed by atoms with E-state index in [-0.39, 0.29) is 28.6 Å². The molecular weight excluding hydrogens is 504 g/mol. The molecule has 0 aliphatic heterocycles. The lowest BCUT2D eigenvalue weighted by atomic mass is 9.93. The zero-order valence-electron chi connectivity index (χ0n) is 23.0. The third-order valence-corrected chi connectivity index (χ3v) is 6.86. The van der Waals surface area contributed by atoms with Gasteiger partial charge in [0.15, 0.2) is 11.5 Å². The minimum atomic E-state index is -0.619. The van der Waals surface area contributed by atoms with Crippen LogP contribution in [0.3, 0.4) is 0 Å². The number of hydrogen-bond acceptors (Lipinski definition) is 6. The summed E-state index contributed by atoms with van der Waals surface area (Å²) in [6.45, 7) is 16.1. The van der Waals surface area contributed by atoms with Crippen LogP contribution in [-0.2, 0) is 25.5 Å². The van der Waals surface area contributed by atoms with E-state index in [2.05, 4.69) is 44.0 Å². The molecule has 0 saturated heterocycles. The van der Waals surface area contributed by atoms with Crippen LogP contribution in [0.25, 0.3) is 22.3 Å². The molecule has 1 unspecified atom stereocenters. The van der Waals surface area contributed by atoms with Gasteiger partial charge in [0.25, 0.3) is 0 Å². The van der Waals surface area contributed by atoms with E-state index in [0.717, 1.165) is 40.7 Å². The number of carbonyl (C=O) groups excluding carboxylic acids is 3. The highest BCUT2D eigenvalue weighted by molar-refractivity contribution is 5.91. The Bertz CT molecular complexity index is 1540. The second-order valence-electron chi connectivity index (χ2n) is 10.0. The summed E-state index contributed by atoms with van der Waals surface area (Å²) >= 11 is 0. The van der Waals surface area contributed by atoms with E-state index in [1.54, 1.807) is 26.0 Å². The number of fused-ring (bicyclic) bond motifs is 1. The Kier molecular flexibility index (Phi) is 8.49. The molecule has 4 rings (SSSR count). The van der Waals surface area contributed by atoms with Gasteiger partial charge in [0.1, 0.15) is 0 Å². The van der Waals surface area contributed by atoms with Gasteiger partial charge in [0, 0.05) is 23.1 Å². The molecule has 0 heterocycles. The van der Waals surface area contributed by atoms with Crippen molar-refractivity contribution in [3.63, 3.8) is 0 Å². The van der Waals surface area contributed by atoms with E-state index in [4.69, 9.17) is 14.2 Å². The summed E-state index contributed by atoms with van der Waals surface area (Å²) in [5.74, 6) is -1.24. The average Bonchev–Trinajstić information content (AvgIpc) is 3.34. The predicted octanol–water partition coefficient (Wildman–Crippen LogP) is 7.05. The van der Waals surface area contributed by atoms with Crippen LogP contribution in [0.1, 0.15) is 42.9 Å². The summed E-state index contributed by atoms with van der Waals surface area (Å²) in [7, 11) is 0. The Morgan fingerprint density at radius 2 is 1.48 bits per heavy atom. The molecule has 0 bridgehead atoms. The fourth-order valence-corrected chi connectivity index (χ4v) is 4.66. The topological polar surface area (TPSA) is 78.9 Å². The largest absolute Gasteiger partial charge is 0.462 e. The van der Waals surface area contributed by atoms with Crippen LogP contribution in [0.2, 0.25) is 0 Å². The standard InChI is InChI=1S/C34H32O6/c1-7-32(35)38-19-27-11-9-23-8-10-25(17-29(23)27)24-12-14-28(22(6)16-24)26-13-15-30(39-33(36)20(2)3)31(18-26)40-34(37)21(4)5/h7-8,10,12-18,27H,1-2,4,9,11,19H2,3,5-6H3. The van der Waals surface area contributed by atoms with E-state index in [9.17, 15) is 14.4 Å². The number of hydrogen-bond donors (Lipinski definition) is 0. The van der Waals surface area contributed by atoms with Gasteiger partial charge in [-0.15, -0.1) is 0 Å². The van der Waals surface area contributed by atoms with E-state index >= 15 is 0 Å². The van der Waals surface area contributed by atoms with Crippen LogP contribution in [0.5, 0.6) is 11.5 Å². The molecule has 204 valence electrons. The van der Waals surface area contributed by atoms with Gasteiger partial charge in [0.2, 0.25) is 0 Å². The quantitative estimate of drug-likeness (QED) is 0.166. The zero-order chi connectivity index (χ0) is 29.0. The van der Waals surface area contributed by atoms with Gasteiger partial charge in [0.05, 0.1) is 6.61 Å². The van der Waals surface area contributed by atoms with E-state index in [1.807, 2.05) is 25.1 Å². The highest BCUT2D eigenvalue weighted by atomic mass is 16.6. The number of ether oxygens (including phenoxy) is 3. The van der Waals surface area contributed by atoms with Gasteiger partial charge < -0.3 is 14.2 Å². The van der Waals surface area contributed by atoms with Crippen molar-refractivity contribution in [2.45, 2.75) is 39.5 Å². The molecule has 1 atom stereocenters. The number of rotatable bonds is 9. The molecule has 0 aromatic heterocycles. The first kappa shape index (κ1) is 28.3. The van der Waals surface area contributed by atoms with Crippen LogP contribution in [0, 0.1) is 6.92 Å². The monoisotopic (exact) mass is 536 g/mol. The molecule has 3 aromatic rings. The van der Waals surface area contributed by atoms with Crippen LogP contribution in [0.4, 0.5) is 0 Å². The molecule has 6 heteroatoms. The van der Waals surface area contributed by atoms with Gasteiger partial charge in [-0.2, -0.15) is 0 Å². The summed E-state index contributed by atoms with van der Waals surface area (Å²) in [4.78, 5) is 36.0. The van der Waals surface area contributed by atoms with E-state index in [0.29, 0.717) is 6.61 Å². The second kappa shape index (κ2) is 12.0. The van der Waals surface area contributed by atoms with Crippen LogP contribution >= 0.6 is 0 Å². The highest BCUT2D eigenvalue weighted by Crippen LogP contribution is 2.39. The summed E-state index contributed by atoms with van der Waals surface area (Å²) in [6.07, 6.45) is 3.09. The summed E-state index contributed by atoms with van der Waals surface area (Å²) in [5.41, 5.74) is 7.81. The van der Waals surface area contributed by atoms with Gasteiger partial charge in [-0.05, 0) is 84.7 Å². The van der Waals surface area contributed by atoms with Gasteiger partial charge in [-0.25, -0.2) is 14.4 Å². The molecule has 0 radical (unpaired) electrons. The molecular formula is C34H32O6. The number of aryl methyl sites for hydroxylation is 2. The fourth-order valence-electron chi connectivity index (χ4n) is 4.66. The van der Waals surface area contributed by atoms with Crippen molar-refractivity contribution in [3.05, 3.63) is 108 Å². The molecule has 1 aliphatic rings. The van der Waals surface area contributed by atoms with Crippen LogP contribution < -0.4 is 9.47 Å². The first-order chi connectivity index (χ1) is 19.1. The highest BCUT2D eigenvalue weighted by Gasteiger charge is 2.24. The summed E-state index contributed by atoms with van der Waals surface area (Å²) in [5, 5.41) is 0.